The molecule has 0 spiro atoms. The van der Waals surface area contributed by atoms with Gasteiger partial charge in [0.05, 0.1) is 6.33 Å². The number of hydrogen-bond donors (Lipinski definition) is 3. The maximum Gasteiger partial charge on any atom is 0.275 e. The smallest absolute Gasteiger partial charge is 0.275 e. The number of hydrogen-bond acceptors (Lipinski definition) is 3. The van der Waals surface area contributed by atoms with E-state index in [0.717, 1.165) is 0 Å². The fourth-order valence-electron chi connectivity index (χ4n) is 2.09. The third-order valence-corrected chi connectivity index (χ3v) is 2.95. The largest absolute Gasteiger partial charge is 0.366 e. The Kier molecular flexibility index (Phi) is 2.42. The minimum Gasteiger partial charge on any atom is -0.366 e. The summed E-state index contributed by atoms with van der Waals surface area (Å²) in [7, 11) is 0. The van der Waals surface area contributed by atoms with Gasteiger partial charge in [-0.15, -0.1) is 0 Å². The maximum absolute atomic E-state index is 11.6. The number of carbonyl (C=O) groups is 1. The molecule has 0 unspecified atom stereocenters. The van der Waals surface area contributed by atoms with Gasteiger partial charge in [-0.3, -0.25) is 9.59 Å². The van der Waals surface area contributed by atoms with Gasteiger partial charge in [0.15, 0.2) is 0 Å². The van der Waals surface area contributed by atoms with E-state index in [0.29, 0.717) is 27.7 Å². The number of rotatable bonds is 2. The fourth-order valence-corrected chi connectivity index (χ4v) is 2.09. The molecule has 0 fully saturated rings. The molecule has 6 heteroatoms. The van der Waals surface area contributed by atoms with Gasteiger partial charge in [0.25, 0.3) is 5.56 Å². The lowest BCUT2D eigenvalue weighted by atomic mass is 10.0. The highest BCUT2D eigenvalue weighted by atomic mass is 16.1. The van der Waals surface area contributed by atoms with Crippen molar-refractivity contribution in [1.82, 2.24) is 15.0 Å². The zero-order chi connectivity index (χ0) is 13.4. The standard InChI is InChI=1S/C13H10N4O2/c14-12(18)8-4-2-1-3-7(8)9-5-15-11-10(9)16-6-17-13(11)19/h1-6,15H,(H2,14,18)(H,16,17,19). The summed E-state index contributed by atoms with van der Waals surface area (Å²) in [6.45, 7) is 0. The third kappa shape index (κ3) is 1.70. The Morgan fingerprint density at radius 1 is 1.16 bits per heavy atom. The average molecular weight is 254 g/mol. The van der Waals surface area contributed by atoms with Gasteiger partial charge in [-0.05, 0) is 11.6 Å². The molecule has 0 aliphatic rings. The number of carbonyl (C=O) groups excluding carboxylic acids is 1. The Labute approximate surface area is 107 Å². The van der Waals surface area contributed by atoms with Crippen molar-refractivity contribution < 1.29 is 4.79 Å². The van der Waals surface area contributed by atoms with E-state index in [1.807, 2.05) is 0 Å². The van der Waals surface area contributed by atoms with E-state index in [1.165, 1.54) is 6.33 Å². The molecule has 0 saturated heterocycles. The summed E-state index contributed by atoms with van der Waals surface area (Å²) in [5, 5.41) is 0. The lowest BCUT2D eigenvalue weighted by Gasteiger charge is -2.04. The number of amides is 1. The van der Waals surface area contributed by atoms with Gasteiger partial charge < -0.3 is 15.7 Å². The van der Waals surface area contributed by atoms with Crippen LogP contribution in [0.25, 0.3) is 22.2 Å². The molecular formula is C13H10N4O2. The first-order valence-electron chi connectivity index (χ1n) is 5.62. The molecule has 3 rings (SSSR count). The molecule has 2 heterocycles. The van der Waals surface area contributed by atoms with E-state index in [2.05, 4.69) is 15.0 Å². The summed E-state index contributed by atoms with van der Waals surface area (Å²) < 4.78 is 0. The summed E-state index contributed by atoms with van der Waals surface area (Å²) >= 11 is 0. The normalized spacial score (nSPS) is 10.7. The summed E-state index contributed by atoms with van der Waals surface area (Å²) in [5.74, 6) is -0.519. The van der Waals surface area contributed by atoms with E-state index < -0.39 is 5.91 Å². The van der Waals surface area contributed by atoms with Crippen LogP contribution in [0.5, 0.6) is 0 Å². The number of nitrogens with one attached hydrogen (secondary N) is 2. The van der Waals surface area contributed by atoms with Crippen molar-refractivity contribution in [3.05, 3.63) is 52.7 Å². The second-order valence-corrected chi connectivity index (χ2v) is 4.07. The number of H-pyrrole nitrogens is 2. The van der Waals surface area contributed by atoms with Crippen molar-refractivity contribution in [3.63, 3.8) is 0 Å². The van der Waals surface area contributed by atoms with Gasteiger partial charge in [0.2, 0.25) is 5.91 Å². The van der Waals surface area contributed by atoms with Gasteiger partial charge in [-0.1, -0.05) is 18.2 Å². The number of aromatic nitrogens is 3. The number of primary amides is 1. The molecule has 94 valence electrons. The first-order chi connectivity index (χ1) is 9.18. The van der Waals surface area contributed by atoms with Crippen molar-refractivity contribution >= 4 is 16.9 Å². The molecule has 19 heavy (non-hydrogen) atoms. The van der Waals surface area contributed by atoms with Crippen molar-refractivity contribution in [2.24, 2.45) is 5.73 Å². The number of benzene rings is 1. The lowest BCUT2D eigenvalue weighted by Crippen LogP contribution is -2.12. The van der Waals surface area contributed by atoms with E-state index >= 15 is 0 Å². The van der Waals surface area contributed by atoms with Gasteiger partial charge >= 0.3 is 0 Å². The summed E-state index contributed by atoms with van der Waals surface area (Å²) in [6.07, 6.45) is 2.98. The Morgan fingerprint density at radius 2 is 1.95 bits per heavy atom. The van der Waals surface area contributed by atoms with Gasteiger partial charge in [0.1, 0.15) is 11.0 Å². The SMILES string of the molecule is NC(=O)c1ccccc1-c1c[nH]c2c(=O)[nH]cnc12. The highest BCUT2D eigenvalue weighted by molar-refractivity contribution is 6.03. The topological polar surface area (TPSA) is 105 Å². The molecule has 0 radical (unpaired) electrons. The molecule has 0 atom stereocenters. The van der Waals surface area contributed by atoms with Crippen molar-refractivity contribution in [3.8, 4) is 11.1 Å². The highest BCUT2D eigenvalue weighted by Crippen LogP contribution is 2.28. The predicted octanol–water partition coefficient (Wildman–Crippen LogP) is 1.02. The van der Waals surface area contributed by atoms with Crippen molar-refractivity contribution in [2.75, 3.05) is 0 Å². The van der Waals surface area contributed by atoms with Crippen LogP contribution >= 0.6 is 0 Å². The van der Waals surface area contributed by atoms with Crippen LogP contribution in [-0.4, -0.2) is 20.9 Å². The Balaban J connectivity index is 2.35. The quantitative estimate of drug-likeness (QED) is 0.635. The fraction of sp³-hybridized carbons (Fsp3) is 0. The third-order valence-electron chi connectivity index (χ3n) is 2.95. The monoisotopic (exact) mass is 254 g/mol. The Morgan fingerprint density at radius 3 is 2.74 bits per heavy atom. The van der Waals surface area contributed by atoms with Crippen molar-refractivity contribution in [1.29, 1.82) is 0 Å². The second kappa shape index (κ2) is 4.09. The van der Waals surface area contributed by atoms with Gasteiger partial charge in [-0.25, -0.2) is 4.98 Å². The van der Waals surface area contributed by atoms with E-state index in [1.54, 1.807) is 30.5 Å². The number of aromatic amines is 2. The van der Waals surface area contributed by atoms with Crippen LogP contribution in [0.3, 0.4) is 0 Å². The number of nitrogens with two attached hydrogens (primary N) is 1. The molecule has 0 bridgehead atoms. The average Bonchev–Trinajstić information content (AvgIpc) is 2.84. The first-order valence-corrected chi connectivity index (χ1v) is 5.62. The Bertz CT molecular complexity index is 832. The molecule has 0 aliphatic heterocycles. The Hall–Kier alpha value is -2.89. The van der Waals surface area contributed by atoms with E-state index in [9.17, 15) is 9.59 Å². The van der Waals surface area contributed by atoms with E-state index in [-0.39, 0.29) is 5.56 Å². The zero-order valence-electron chi connectivity index (χ0n) is 9.81. The molecule has 0 saturated carbocycles. The van der Waals surface area contributed by atoms with Crippen LogP contribution in [0, 0.1) is 0 Å². The van der Waals surface area contributed by atoms with Crippen LogP contribution in [-0.2, 0) is 0 Å². The summed E-state index contributed by atoms with van der Waals surface area (Å²) in [6, 6.07) is 6.95. The van der Waals surface area contributed by atoms with Crippen LogP contribution in [0.2, 0.25) is 0 Å². The molecule has 1 amide bonds. The maximum atomic E-state index is 11.6. The van der Waals surface area contributed by atoms with Gasteiger partial charge in [0, 0.05) is 17.3 Å². The van der Waals surface area contributed by atoms with Crippen LogP contribution in [0.15, 0.2) is 41.6 Å². The van der Waals surface area contributed by atoms with Gasteiger partial charge in [-0.2, -0.15) is 0 Å². The van der Waals surface area contributed by atoms with E-state index in [4.69, 9.17) is 5.73 Å². The minimum atomic E-state index is -0.519. The predicted molar refractivity (Wildman–Crippen MR) is 70.7 cm³/mol. The summed E-state index contributed by atoms with van der Waals surface area (Å²) in [4.78, 5) is 32.6. The molecule has 3 aromatic rings. The second-order valence-electron chi connectivity index (χ2n) is 4.07. The van der Waals surface area contributed by atoms with Crippen molar-refractivity contribution in [2.45, 2.75) is 0 Å². The van der Waals surface area contributed by atoms with Crippen LogP contribution in [0.4, 0.5) is 0 Å². The minimum absolute atomic E-state index is 0.257. The van der Waals surface area contributed by atoms with Crippen LogP contribution < -0.4 is 11.3 Å². The molecule has 2 aromatic heterocycles. The number of fused-ring (bicyclic) bond motifs is 1. The highest BCUT2D eigenvalue weighted by Gasteiger charge is 2.14. The molecule has 6 nitrogen and oxygen atoms in total. The molecular weight excluding hydrogens is 244 g/mol. The molecule has 1 aromatic carbocycles. The zero-order valence-corrected chi connectivity index (χ0v) is 9.81. The molecule has 4 N–H and O–H groups in total. The molecule has 0 aliphatic carbocycles. The summed E-state index contributed by atoms with van der Waals surface area (Å²) in [5.41, 5.74) is 7.71. The lowest BCUT2D eigenvalue weighted by molar-refractivity contribution is 0.100. The van der Waals surface area contributed by atoms with Crippen LogP contribution in [0.1, 0.15) is 10.4 Å². The first kappa shape index (κ1) is 11.2. The number of nitrogens with zero attached hydrogens (tertiary/aromatic N) is 1.